The van der Waals surface area contributed by atoms with Crippen LogP contribution in [0.4, 0.5) is 0 Å². The van der Waals surface area contributed by atoms with Crippen LogP contribution in [0.25, 0.3) is 0 Å². The van der Waals surface area contributed by atoms with Gasteiger partial charge in [-0.1, -0.05) is 24.6 Å². The van der Waals surface area contributed by atoms with Crippen molar-refractivity contribution in [2.75, 3.05) is 20.2 Å². The Kier molecular flexibility index (Phi) is 6.53. The van der Waals surface area contributed by atoms with Crippen LogP contribution in [0.3, 0.4) is 0 Å². The molecule has 0 spiro atoms. The van der Waals surface area contributed by atoms with Crippen molar-refractivity contribution in [2.45, 2.75) is 38.8 Å². The quantitative estimate of drug-likeness (QED) is 0.789. The van der Waals surface area contributed by atoms with Gasteiger partial charge in [-0.25, -0.2) is 0 Å². The van der Waals surface area contributed by atoms with Gasteiger partial charge < -0.3 is 15.2 Å². The number of methoxy groups -OCH3 is 1. The molecule has 26 heavy (non-hydrogen) atoms. The molecular formula is C19H27ClN2O4. The summed E-state index contributed by atoms with van der Waals surface area (Å²) in [5, 5.41) is 12.6. The van der Waals surface area contributed by atoms with E-state index >= 15 is 0 Å². The number of likely N-dealkylation sites (tertiary alicyclic amines) is 1. The monoisotopic (exact) mass is 382 g/mol. The van der Waals surface area contributed by atoms with Crippen LogP contribution < -0.4 is 10.1 Å². The van der Waals surface area contributed by atoms with Crippen LogP contribution in [0, 0.1) is 11.3 Å². The lowest BCUT2D eigenvalue weighted by atomic mass is 9.81. The molecule has 0 radical (unpaired) electrons. The number of hydrogen-bond acceptors (Lipinski definition) is 4. The average molecular weight is 383 g/mol. The number of carbonyl (C=O) groups is 2. The maximum atomic E-state index is 12.6. The van der Waals surface area contributed by atoms with Gasteiger partial charge in [0.05, 0.1) is 18.6 Å². The molecular weight excluding hydrogens is 356 g/mol. The first kappa shape index (κ1) is 20.5. The maximum Gasteiger partial charge on any atom is 0.311 e. The molecule has 144 valence electrons. The standard InChI is InChI=1S/C19H26N2O4.ClH/c1-13(17(22)20-10-14-6-3-4-8-16(14)25-2)21-11-15-7-5-9-19(15,12-21)18(23)24;/h3-4,6,8,13,15H,5,7,9-12H2,1-2H3,(H,20,22)(H,23,24);1H/t13?,15-,19+;/m0./s1. The van der Waals surface area contributed by atoms with Crippen molar-refractivity contribution in [3.63, 3.8) is 0 Å². The summed E-state index contributed by atoms with van der Waals surface area (Å²) in [6.07, 6.45) is 2.64. The highest BCUT2D eigenvalue weighted by Crippen LogP contribution is 2.49. The second-order valence-electron chi connectivity index (χ2n) is 7.19. The van der Waals surface area contributed by atoms with Crippen molar-refractivity contribution in [3.05, 3.63) is 29.8 Å². The number of carboxylic acids is 1. The molecule has 1 saturated carbocycles. The maximum absolute atomic E-state index is 12.6. The number of benzene rings is 1. The van der Waals surface area contributed by atoms with E-state index in [1.165, 1.54) is 0 Å². The Morgan fingerprint density at radius 1 is 1.42 bits per heavy atom. The molecule has 3 rings (SSSR count). The van der Waals surface area contributed by atoms with E-state index in [1.54, 1.807) is 7.11 Å². The number of carboxylic acid groups (broad SMARTS) is 1. The summed E-state index contributed by atoms with van der Waals surface area (Å²) in [7, 11) is 1.61. The highest BCUT2D eigenvalue weighted by atomic mass is 35.5. The molecule has 1 aliphatic heterocycles. The molecule has 1 amide bonds. The molecule has 2 aliphatic rings. The van der Waals surface area contributed by atoms with Gasteiger partial charge in [0.25, 0.3) is 0 Å². The molecule has 1 aliphatic carbocycles. The number of amides is 1. The molecule has 2 fully saturated rings. The predicted octanol–water partition coefficient (Wildman–Crippen LogP) is 2.31. The summed E-state index contributed by atoms with van der Waals surface area (Å²) in [5.41, 5.74) is 0.267. The third-order valence-corrected chi connectivity index (χ3v) is 5.90. The lowest BCUT2D eigenvalue weighted by Crippen LogP contribution is -2.45. The van der Waals surface area contributed by atoms with Gasteiger partial charge in [0.15, 0.2) is 0 Å². The van der Waals surface area contributed by atoms with E-state index in [0.29, 0.717) is 19.6 Å². The van der Waals surface area contributed by atoms with Gasteiger partial charge in [-0.3, -0.25) is 14.5 Å². The molecule has 1 aromatic carbocycles. The zero-order valence-electron chi connectivity index (χ0n) is 15.2. The summed E-state index contributed by atoms with van der Waals surface area (Å²) in [4.78, 5) is 26.4. The average Bonchev–Trinajstić information content (AvgIpc) is 3.17. The van der Waals surface area contributed by atoms with Gasteiger partial charge in [-0.05, 0) is 31.7 Å². The Bertz CT molecular complexity index is 669. The normalized spacial score (nSPS) is 25.8. The fraction of sp³-hybridized carbons (Fsp3) is 0.579. The van der Waals surface area contributed by atoms with Crippen LogP contribution in [0.15, 0.2) is 24.3 Å². The zero-order valence-corrected chi connectivity index (χ0v) is 16.1. The Balaban J connectivity index is 0.00000243. The van der Waals surface area contributed by atoms with E-state index in [9.17, 15) is 14.7 Å². The third kappa shape index (κ3) is 3.67. The van der Waals surface area contributed by atoms with Crippen LogP contribution in [0.5, 0.6) is 5.75 Å². The predicted molar refractivity (Wildman–Crippen MR) is 101 cm³/mol. The van der Waals surface area contributed by atoms with Gasteiger partial charge >= 0.3 is 5.97 Å². The van der Waals surface area contributed by atoms with Crippen LogP contribution in [-0.4, -0.2) is 48.1 Å². The number of aliphatic carboxylic acids is 1. The van der Waals surface area contributed by atoms with Gasteiger partial charge in [-0.2, -0.15) is 0 Å². The van der Waals surface area contributed by atoms with Crippen LogP contribution in [-0.2, 0) is 16.1 Å². The second-order valence-corrected chi connectivity index (χ2v) is 7.19. The Hall–Kier alpha value is -1.79. The summed E-state index contributed by atoms with van der Waals surface area (Å²) in [6.45, 7) is 3.41. The van der Waals surface area contributed by atoms with Gasteiger partial charge in [-0.15, -0.1) is 12.4 Å². The van der Waals surface area contributed by atoms with Crippen LogP contribution in [0.2, 0.25) is 0 Å². The highest BCUT2D eigenvalue weighted by Gasteiger charge is 2.55. The number of nitrogens with zero attached hydrogens (tertiary/aromatic N) is 1. The largest absolute Gasteiger partial charge is 0.496 e. The van der Waals surface area contributed by atoms with E-state index in [-0.39, 0.29) is 30.3 Å². The number of hydrogen-bond donors (Lipinski definition) is 2. The summed E-state index contributed by atoms with van der Waals surface area (Å²) >= 11 is 0. The molecule has 3 atom stereocenters. The third-order valence-electron chi connectivity index (χ3n) is 5.90. The van der Waals surface area contributed by atoms with E-state index in [2.05, 4.69) is 5.32 Å². The van der Waals surface area contributed by atoms with Crippen molar-refractivity contribution in [1.82, 2.24) is 10.2 Å². The Morgan fingerprint density at radius 2 is 2.15 bits per heavy atom. The van der Waals surface area contributed by atoms with Crippen molar-refractivity contribution < 1.29 is 19.4 Å². The number of para-hydroxylation sites is 1. The number of ether oxygens (including phenoxy) is 1. The van der Waals surface area contributed by atoms with Crippen molar-refractivity contribution in [3.8, 4) is 5.75 Å². The molecule has 0 bridgehead atoms. The van der Waals surface area contributed by atoms with E-state index in [0.717, 1.165) is 30.6 Å². The second kappa shape index (κ2) is 8.27. The van der Waals surface area contributed by atoms with E-state index < -0.39 is 11.4 Å². The molecule has 0 aromatic heterocycles. The first-order valence-electron chi connectivity index (χ1n) is 8.85. The number of rotatable bonds is 6. The minimum Gasteiger partial charge on any atom is -0.496 e. The fourth-order valence-electron chi connectivity index (χ4n) is 4.32. The number of fused-ring (bicyclic) bond motifs is 1. The molecule has 2 N–H and O–H groups in total. The van der Waals surface area contributed by atoms with Crippen molar-refractivity contribution >= 4 is 24.3 Å². The zero-order chi connectivity index (χ0) is 18.0. The molecule has 1 heterocycles. The lowest BCUT2D eigenvalue weighted by Gasteiger charge is -2.26. The van der Waals surface area contributed by atoms with Gasteiger partial charge in [0.2, 0.25) is 5.91 Å². The van der Waals surface area contributed by atoms with E-state index in [4.69, 9.17) is 4.74 Å². The highest BCUT2D eigenvalue weighted by molar-refractivity contribution is 5.85. The fourth-order valence-corrected chi connectivity index (χ4v) is 4.32. The number of nitrogens with one attached hydrogen (secondary N) is 1. The van der Waals surface area contributed by atoms with Crippen LogP contribution in [0.1, 0.15) is 31.7 Å². The molecule has 7 heteroatoms. The first-order valence-corrected chi connectivity index (χ1v) is 8.85. The molecule has 1 aromatic rings. The summed E-state index contributed by atoms with van der Waals surface area (Å²) < 4.78 is 5.30. The lowest BCUT2D eigenvalue weighted by molar-refractivity contribution is -0.149. The molecule has 6 nitrogen and oxygen atoms in total. The Labute approximate surface area is 160 Å². The molecule has 1 unspecified atom stereocenters. The minimum atomic E-state index is -0.709. The van der Waals surface area contributed by atoms with Gasteiger partial charge in [0, 0.05) is 25.2 Å². The first-order chi connectivity index (χ1) is 12.0. The minimum absolute atomic E-state index is 0. The Morgan fingerprint density at radius 3 is 2.81 bits per heavy atom. The summed E-state index contributed by atoms with van der Waals surface area (Å²) in [5.74, 6) is 0.121. The molecule has 1 saturated heterocycles. The van der Waals surface area contributed by atoms with Crippen LogP contribution >= 0.6 is 12.4 Å². The van der Waals surface area contributed by atoms with Crippen molar-refractivity contribution in [2.24, 2.45) is 11.3 Å². The van der Waals surface area contributed by atoms with Gasteiger partial charge in [0.1, 0.15) is 5.75 Å². The number of halogens is 1. The number of carbonyl (C=O) groups excluding carboxylic acids is 1. The topological polar surface area (TPSA) is 78.9 Å². The SMILES string of the molecule is COc1ccccc1CNC(=O)C(C)N1C[C@@H]2CCC[C@@]2(C(=O)O)C1.Cl. The van der Waals surface area contributed by atoms with Crippen molar-refractivity contribution in [1.29, 1.82) is 0 Å². The summed E-state index contributed by atoms with van der Waals surface area (Å²) in [6, 6.07) is 7.25. The van der Waals surface area contributed by atoms with E-state index in [1.807, 2.05) is 36.1 Å². The smallest absolute Gasteiger partial charge is 0.311 e.